The summed E-state index contributed by atoms with van der Waals surface area (Å²) in [6.45, 7) is 2.38. The van der Waals surface area contributed by atoms with E-state index < -0.39 is 16.1 Å². The number of H-pyrrole nitrogens is 1. The van der Waals surface area contributed by atoms with Crippen LogP contribution in [0.4, 0.5) is 10.6 Å². The molecule has 8 nitrogen and oxygen atoms in total. The van der Waals surface area contributed by atoms with Crippen LogP contribution in [0.15, 0.2) is 11.1 Å². The second-order valence-corrected chi connectivity index (χ2v) is 5.01. The average molecular weight is 261 g/mol. The van der Waals surface area contributed by atoms with E-state index in [9.17, 15) is 13.2 Å². The monoisotopic (exact) mass is 261 g/mol. The molecule has 0 saturated carbocycles. The molecule has 96 valence electrons. The van der Waals surface area contributed by atoms with Gasteiger partial charge in [0, 0.05) is 6.54 Å². The predicted octanol–water partition coefficient (Wildman–Crippen LogP) is -0.220. The Morgan fingerprint density at radius 3 is 2.82 bits per heavy atom. The first-order chi connectivity index (χ1) is 7.97. The van der Waals surface area contributed by atoms with Crippen molar-refractivity contribution in [2.75, 3.05) is 12.3 Å². The number of hydrogen-bond donors (Lipinski definition) is 4. The number of aromatic nitrogens is 2. The third kappa shape index (κ3) is 3.63. The molecule has 0 spiro atoms. The molecule has 1 aromatic heterocycles. The minimum atomic E-state index is -3.96. The standard InChI is InChI=1S/C8H15N5O3S/c1-2-3-4-10-8(14)13-17(15,16)6-5-11-12-7(6)9/h5H,2-4H2,1H3,(H3,9,11,12)(H2,10,13,14). The molecular weight excluding hydrogens is 246 g/mol. The zero-order chi connectivity index (χ0) is 12.9. The Hall–Kier alpha value is -1.77. The first-order valence-corrected chi connectivity index (χ1v) is 6.55. The van der Waals surface area contributed by atoms with Gasteiger partial charge in [-0.05, 0) is 6.42 Å². The molecule has 0 atom stereocenters. The topological polar surface area (TPSA) is 130 Å². The van der Waals surface area contributed by atoms with Gasteiger partial charge in [-0.15, -0.1) is 0 Å². The Morgan fingerprint density at radius 2 is 2.29 bits per heavy atom. The minimum absolute atomic E-state index is 0.112. The molecule has 2 amide bonds. The number of nitrogens with zero attached hydrogens (tertiary/aromatic N) is 1. The summed E-state index contributed by atoms with van der Waals surface area (Å²) in [5.41, 5.74) is 5.36. The number of carbonyl (C=O) groups is 1. The summed E-state index contributed by atoms with van der Waals surface area (Å²) in [5.74, 6) is -0.112. The normalized spacial score (nSPS) is 11.1. The van der Waals surface area contributed by atoms with Crippen molar-refractivity contribution in [2.45, 2.75) is 24.7 Å². The predicted molar refractivity (Wildman–Crippen MR) is 61.6 cm³/mol. The molecule has 1 rings (SSSR count). The van der Waals surface area contributed by atoms with E-state index >= 15 is 0 Å². The summed E-state index contributed by atoms with van der Waals surface area (Å²) in [5, 5.41) is 8.17. The molecule has 5 N–H and O–H groups in total. The lowest BCUT2D eigenvalue weighted by atomic mass is 10.3. The summed E-state index contributed by atoms with van der Waals surface area (Å²) in [7, 11) is -3.96. The van der Waals surface area contributed by atoms with E-state index in [0.717, 1.165) is 19.0 Å². The maximum Gasteiger partial charge on any atom is 0.328 e. The van der Waals surface area contributed by atoms with Crippen LogP contribution in [0.5, 0.6) is 0 Å². The Balaban J connectivity index is 2.62. The maximum atomic E-state index is 11.6. The van der Waals surface area contributed by atoms with Crippen LogP contribution in [0, 0.1) is 0 Å². The van der Waals surface area contributed by atoms with Crippen molar-refractivity contribution >= 4 is 21.9 Å². The second kappa shape index (κ2) is 5.53. The number of nitrogens with one attached hydrogen (secondary N) is 3. The summed E-state index contributed by atoms with van der Waals surface area (Å²) in [6, 6.07) is -0.779. The van der Waals surface area contributed by atoms with Crippen LogP contribution in [0.2, 0.25) is 0 Å². The first-order valence-electron chi connectivity index (χ1n) is 5.07. The lowest BCUT2D eigenvalue weighted by Gasteiger charge is -2.07. The van der Waals surface area contributed by atoms with E-state index in [4.69, 9.17) is 5.73 Å². The number of carbonyl (C=O) groups excluding carboxylic acids is 1. The number of sulfonamides is 1. The van der Waals surface area contributed by atoms with E-state index in [2.05, 4.69) is 15.5 Å². The maximum absolute atomic E-state index is 11.6. The molecule has 0 aliphatic rings. The van der Waals surface area contributed by atoms with Gasteiger partial charge in [0.2, 0.25) is 0 Å². The Bertz CT molecular complexity index is 481. The van der Waals surface area contributed by atoms with Gasteiger partial charge in [-0.25, -0.2) is 17.9 Å². The molecule has 0 bridgehead atoms. The fourth-order valence-corrected chi connectivity index (χ4v) is 2.04. The van der Waals surface area contributed by atoms with Crippen LogP contribution in [-0.2, 0) is 10.0 Å². The molecule has 1 aromatic rings. The summed E-state index contributed by atoms with van der Waals surface area (Å²) < 4.78 is 25.1. The summed E-state index contributed by atoms with van der Waals surface area (Å²) in [6.07, 6.45) is 2.72. The number of urea groups is 1. The quantitative estimate of drug-likeness (QED) is 0.544. The first kappa shape index (κ1) is 13.3. The van der Waals surface area contributed by atoms with Crippen molar-refractivity contribution < 1.29 is 13.2 Å². The zero-order valence-electron chi connectivity index (χ0n) is 9.36. The molecule has 0 fully saturated rings. The number of nitrogen functional groups attached to an aromatic ring is 1. The molecule has 9 heteroatoms. The number of hydrogen-bond acceptors (Lipinski definition) is 5. The molecule has 0 aromatic carbocycles. The highest BCUT2D eigenvalue weighted by Crippen LogP contribution is 2.12. The van der Waals surface area contributed by atoms with E-state index in [1.165, 1.54) is 0 Å². The largest absolute Gasteiger partial charge is 0.383 e. The molecule has 0 saturated heterocycles. The van der Waals surface area contributed by atoms with E-state index in [1.54, 1.807) is 0 Å². The van der Waals surface area contributed by atoms with Crippen LogP contribution < -0.4 is 15.8 Å². The third-order valence-electron chi connectivity index (χ3n) is 1.96. The summed E-state index contributed by atoms with van der Waals surface area (Å²) >= 11 is 0. The molecular formula is C8H15N5O3S. The van der Waals surface area contributed by atoms with Crippen LogP contribution >= 0.6 is 0 Å². The highest BCUT2D eigenvalue weighted by atomic mass is 32.2. The molecule has 17 heavy (non-hydrogen) atoms. The van der Waals surface area contributed by atoms with Gasteiger partial charge in [-0.2, -0.15) is 5.10 Å². The number of rotatable bonds is 5. The fourth-order valence-electron chi connectivity index (χ4n) is 1.09. The molecule has 1 heterocycles. The number of anilines is 1. The van der Waals surface area contributed by atoms with Gasteiger partial charge < -0.3 is 11.1 Å². The van der Waals surface area contributed by atoms with Gasteiger partial charge in [-0.1, -0.05) is 13.3 Å². The van der Waals surface area contributed by atoms with Crippen molar-refractivity contribution in [2.24, 2.45) is 0 Å². The van der Waals surface area contributed by atoms with Crippen LogP contribution in [-0.4, -0.2) is 31.2 Å². The lowest BCUT2D eigenvalue weighted by Crippen LogP contribution is -2.39. The van der Waals surface area contributed by atoms with E-state index in [1.807, 2.05) is 11.6 Å². The van der Waals surface area contributed by atoms with E-state index in [0.29, 0.717) is 6.54 Å². The highest BCUT2D eigenvalue weighted by molar-refractivity contribution is 7.90. The Labute approximate surface area is 99.0 Å². The van der Waals surface area contributed by atoms with Crippen LogP contribution in [0.25, 0.3) is 0 Å². The molecule has 0 radical (unpaired) electrons. The van der Waals surface area contributed by atoms with Crippen LogP contribution in [0.1, 0.15) is 19.8 Å². The van der Waals surface area contributed by atoms with Crippen molar-refractivity contribution in [3.8, 4) is 0 Å². The lowest BCUT2D eigenvalue weighted by molar-refractivity contribution is 0.245. The van der Waals surface area contributed by atoms with E-state index in [-0.39, 0.29) is 10.7 Å². The van der Waals surface area contributed by atoms with Gasteiger partial charge in [-0.3, -0.25) is 5.10 Å². The number of nitrogens with two attached hydrogens (primary N) is 1. The van der Waals surface area contributed by atoms with Gasteiger partial charge in [0.25, 0.3) is 10.0 Å². The van der Waals surface area contributed by atoms with Crippen molar-refractivity contribution in [1.29, 1.82) is 0 Å². The average Bonchev–Trinajstić information content (AvgIpc) is 2.64. The fraction of sp³-hybridized carbons (Fsp3) is 0.500. The molecule has 0 aliphatic heterocycles. The zero-order valence-corrected chi connectivity index (χ0v) is 10.2. The van der Waals surface area contributed by atoms with Crippen LogP contribution in [0.3, 0.4) is 0 Å². The van der Waals surface area contributed by atoms with Gasteiger partial charge >= 0.3 is 6.03 Å². The Kier molecular flexibility index (Phi) is 4.32. The summed E-state index contributed by atoms with van der Waals surface area (Å²) in [4.78, 5) is 11.0. The molecule has 0 aliphatic carbocycles. The smallest absolute Gasteiger partial charge is 0.328 e. The second-order valence-electron chi connectivity index (χ2n) is 3.36. The van der Waals surface area contributed by atoms with Crippen molar-refractivity contribution in [3.05, 3.63) is 6.20 Å². The highest BCUT2D eigenvalue weighted by Gasteiger charge is 2.21. The molecule has 0 unspecified atom stereocenters. The van der Waals surface area contributed by atoms with Gasteiger partial charge in [0.1, 0.15) is 10.7 Å². The third-order valence-corrected chi connectivity index (χ3v) is 3.32. The number of amides is 2. The number of aromatic amines is 1. The Morgan fingerprint density at radius 1 is 1.59 bits per heavy atom. The minimum Gasteiger partial charge on any atom is -0.383 e. The SMILES string of the molecule is CCCCNC(=O)NS(=O)(=O)c1cn[nH]c1N. The van der Waals surface area contributed by atoms with Crippen molar-refractivity contribution in [3.63, 3.8) is 0 Å². The van der Waals surface area contributed by atoms with Crippen molar-refractivity contribution in [1.82, 2.24) is 20.2 Å². The van der Waals surface area contributed by atoms with Gasteiger partial charge in [0.05, 0.1) is 6.20 Å². The van der Waals surface area contributed by atoms with Gasteiger partial charge in [0.15, 0.2) is 0 Å². The number of unbranched alkanes of at least 4 members (excludes halogenated alkanes) is 1.